The molecule has 2 aromatic rings. The monoisotopic (exact) mass is 217 g/mol. The summed E-state index contributed by atoms with van der Waals surface area (Å²) in [5.74, 6) is 0.851. The fourth-order valence-electron chi connectivity index (χ4n) is 1.35. The van der Waals surface area contributed by atoms with Crippen molar-refractivity contribution in [1.82, 2.24) is 9.97 Å². The average Bonchev–Trinajstić information content (AvgIpc) is 2.59. The van der Waals surface area contributed by atoms with Gasteiger partial charge in [-0.2, -0.15) is 0 Å². The van der Waals surface area contributed by atoms with Gasteiger partial charge in [-0.25, -0.2) is 9.97 Å². The summed E-state index contributed by atoms with van der Waals surface area (Å²) in [4.78, 5) is 19.8. The number of carbonyl (C=O) groups is 1. The van der Waals surface area contributed by atoms with E-state index in [1.807, 2.05) is 0 Å². The van der Waals surface area contributed by atoms with Gasteiger partial charge in [-0.1, -0.05) is 6.07 Å². The molecule has 1 N–H and O–H groups in total. The number of carbonyl (C=O) groups excluding carboxylic acids is 1. The van der Waals surface area contributed by atoms with Gasteiger partial charge in [-0.15, -0.1) is 0 Å². The zero-order chi connectivity index (χ0) is 11.5. The molecule has 0 aliphatic rings. The maximum atomic E-state index is 11.8. The van der Waals surface area contributed by atoms with Gasteiger partial charge in [0.15, 0.2) is 5.89 Å². The van der Waals surface area contributed by atoms with E-state index in [4.69, 9.17) is 4.42 Å². The van der Waals surface area contributed by atoms with E-state index in [2.05, 4.69) is 15.3 Å². The highest BCUT2D eigenvalue weighted by molar-refractivity contribution is 6.02. The molecule has 0 aromatic carbocycles. The van der Waals surface area contributed by atoms with Gasteiger partial charge in [0.25, 0.3) is 5.91 Å². The highest BCUT2D eigenvalue weighted by Gasteiger charge is 2.15. The van der Waals surface area contributed by atoms with Gasteiger partial charge in [0.05, 0.1) is 5.69 Å². The molecule has 2 rings (SSSR count). The Kier molecular flexibility index (Phi) is 2.68. The number of oxazole rings is 1. The van der Waals surface area contributed by atoms with E-state index in [1.165, 1.54) is 0 Å². The standard InChI is InChI=1S/C11H11N3O2/c1-7-10(16-8(2)13-7)11(15)14-9-5-3-4-6-12-9/h3-6H,1-2H3,(H,12,14,15). The highest BCUT2D eigenvalue weighted by atomic mass is 16.4. The van der Waals surface area contributed by atoms with Crippen molar-refractivity contribution in [3.05, 3.63) is 41.7 Å². The molecule has 0 bridgehead atoms. The van der Waals surface area contributed by atoms with E-state index in [1.54, 1.807) is 38.2 Å². The van der Waals surface area contributed by atoms with Crippen molar-refractivity contribution in [3.8, 4) is 0 Å². The molecule has 2 aromatic heterocycles. The highest BCUT2D eigenvalue weighted by Crippen LogP contribution is 2.11. The van der Waals surface area contributed by atoms with Crippen LogP contribution in [0.25, 0.3) is 0 Å². The molecule has 5 heteroatoms. The van der Waals surface area contributed by atoms with Gasteiger partial charge in [-0.3, -0.25) is 4.79 Å². The van der Waals surface area contributed by atoms with Crippen molar-refractivity contribution in [3.63, 3.8) is 0 Å². The minimum Gasteiger partial charge on any atom is -0.436 e. The molecule has 0 aliphatic carbocycles. The fourth-order valence-corrected chi connectivity index (χ4v) is 1.35. The lowest BCUT2D eigenvalue weighted by Crippen LogP contribution is -2.13. The van der Waals surface area contributed by atoms with Crippen LogP contribution in [0.4, 0.5) is 5.82 Å². The van der Waals surface area contributed by atoms with Crippen LogP contribution in [0, 0.1) is 13.8 Å². The molecular formula is C11H11N3O2. The second-order valence-corrected chi connectivity index (χ2v) is 3.32. The third-order valence-corrected chi connectivity index (χ3v) is 2.02. The lowest BCUT2D eigenvalue weighted by Gasteiger charge is -2.01. The zero-order valence-corrected chi connectivity index (χ0v) is 9.02. The molecule has 5 nitrogen and oxygen atoms in total. The van der Waals surface area contributed by atoms with Crippen LogP contribution in [0.15, 0.2) is 28.8 Å². The van der Waals surface area contributed by atoms with Crippen LogP contribution >= 0.6 is 0 Å². The van der Waals surface area contributed by atoms with Crippen LogP contribution < -0.4 is 5.32 Å². The summed E-state index contributed by atoms with van der Waals surface area (Å²) < 4.78 is 5.20. The molecule has 2 heterocycles. The van der Waals surface area contributed by atoms with Crippen LogP contribution in [0.1, 0.15) is 22.1 Å². The number of pyridine rings is 1. The Labute approximate surface area is 92.5 Å². The zero-order valence-electron chi connectivity index (χ0n) is 9.02. The fraction of sp³-hybridized carbons (Fsp3) is 0.182. The summed E-state index contributed by atoms with van der Waals surface area (Å²) in [7, 11) is 0. The van der Waals surface area contributed by atoms with Crippen molar-refractivity contribution >= 4 is 11.7 Å². The number of rotatable bonds is 2. The summed E-state index contributed by atoms with van der Waals surface area (Å²) in [5, 5.41) is 2.63. The summed E-state index contributed by atoms with van der Waals surface area (Å²) in [6, 6.07) is 5.27. The molecule has 0 saturated heterocycles. The van der Waals surface area contributed by atoms with Crippen molar-refractivity contribution in [1.29, 1.82) is 0 Å². The Balaban J connectivity index is 2.18. The molecular weight excluding hydrogens is 206 g/mol. The van der Waals surface area contributed by atoms with Crippen LogP contribution in [0.3, 0.4) is 0 Å². The SMILES string of the molecule is Cc1nc(C)c(C(=O)Nc2ccccn2)o1. The molecule has 0 saturated carbocycles. The first-order chi connectivity index (χ1) is 7.66. The Morgan fingerprint density at radius 2 is 2.19 bits per heavy atom. The molecule has 1 amide bonds. The Morgan fingerprint density at radius 3 is 2.75 bits per heavy atom. The summed E-state index contributed by atoms with van der Waals surface area (Å²) in [5.41, 5.74) is 0.575. The van der Waals surface area contributed by atoms with Crippen LogP contribution in [0.5, 0.6) is 0 Å². The molecule has 16 heavy (non-hydrogen) atoms. The number of aryl methyl sites for hydroxylation is 2. The molecule has 0 fully saturated rings. The predicted molar refractivity (Wildman–Crippen MR) is 58.2 cm³/mol. The van der Waals surface area contributed by atoms with Gasteiger partial charge in [-0.05, 0) is 19.1 Å². The van der Waals surface area contributed by atoms with Gasteiger partial charge in [0.2, 0.25) is 5.76 Å². The van der Waals surface area contributed by atoms with E-state index in [-0.39, 0.29) is 11.7 Å². The molecule has 0 aliphatic heterocycles. The molecule has 0 spiro atoms. The number of nitrogens with zero attached hydrogens (tertiary/aromatic N) is 2. The second-order valence-electron chi connectivity index (χ2n) is 3.32. The van der Waals surface area contributed by atoms with Gasteiger partial charge >= 0.3 is 0 Å². The van der Waals surface area contributed by atoms with Gasteiger partial charge in [0.1, 0.15) is 5.82 Å². The largest absolute Gasteiger partial charge is 0.436 e. The maximum absolute atomic E-state index is 11.8. The van der Waals surface area contributed by atoms with Crippen molar-refractivity contribution in [2.45, 2.75) is 13.8 Å². The molecule has 82 valence electrons. The number of hydrogen-bond acceptors (Lipinski definition) is 4. The Hall–Kier alpha value is -2.17. The number of anilines is 1. The van der Waals surface area contributed by atoms with E-state index in [9.17, 15) is 4.79 Å². The van der Waals surface area contributed by atoms with E-state index < -0.39 is 0 Å². The number of nitrogens with one attached hydrogen (secondary N) is 1. The first-order valence-corrected chi connectivity index (χ1v) is 4.83. The van der Waals surface area contributed by atoms with Crippen LogP contribution in [0.2, 0.25) is 0 Å². The molecule has 0 radical (unpaired) electrons. The summed E-state index contributed by atoms with van der Waals surface area (Å²) >= 11 is 0. The Bertz CT molecular complexity index is 505. The predicted octanol–water partition coefficient (Wildman–Crippen LogP) is 1.94. The number of amides is 1. The lowest BCUT2D eigenvalue weighted by molar-refractivity contribution is 0.0994. The van der Waals surface area contributed by atoms with E-state index in [0.717, 1.165) is 0 Å². The third-order valence-electron chi connectivity index (χ3n) is 2.02. The van der Waals surface area contributed by atoms with Gasteiger partial charge < -0.3 is 9.73 Å². The summed E-state index contributed by atoms with van der Waals surface area (Å²) in [6.45, 7) is 3.42. The summed E-state index contributed by atoms with van der Waals surface area (Å²) in [6.07, 6.45) is 1.61. The van der Waals surface area contributed by atoms with E-state index >= 15 is 0 Å². The minimum atomic E-state index is -0.336. The first kappa shape index (κ1) is 10.4. The first-order valence-electron chi connectivity index (χ1n) is 4.83. The number of aromatic nitrogens is 2. The van der Waals surface area contributed by atoms with Crippen molar-refractivity contribution < 1.29 is 9.21 Å². The van der Waals surface area contributed by atoms with Crippen molar-refractivity contribution in [2.24, 2.45) is 0 Å². The minimum absolute atomic E-state index is 0.225. The Morgan fingerprint density at radius 1 is 1.38 bits per heavy atom. The normalized spacial score (nSPS) is 10.1. The third kappa shape index (κ3) is 2.08. The van der Waals surface area contributed by atoms with Crippen molar-refractivity contribution in [2.75, 3.05) is 5.32 Å². The van der Waals surface area contributed by atoms with E-state index in [0.29, 0.717) is 17.4 Å². The van der Waals surface area contributed by atoms with Crippen LogP contribution in [-0.2, 0) is 0 Å². The smallest absolute Gasteiger partial charge is 0.294 e. The molecule has 0 atom stereocenters. The topological polar surface area (TPSA) is 68.0 Å². The maximum Gasteiger partial charge on any atom is 0.294 e. The number of hydrogen-bond donors (Lipinski definition) is 1. The van der Waals surface area contributed by atoms with Crippen LogP contribution in [-0.4, -0.2) is 15.9 Å². The van der Waals surface area contributed by atoms with Gasteiger partial charge in [0, 0.05) is 13.1 Å². The molecule has 0 unspecified atom stereocenters. The second kappa shape index (κ2) is 4.14. The quantitative estimate of drug-likeness (QED) is 0.834. The average molecular weight is 217 g/mol. The lowest BCUT2D eigenvalue weighted by atomic mass is 10.3.